The molecule has 0 atom stereocenters. The third-order valence-electron chi connectivity index (χ3n) is 3.91. The Morgan fingerprint density at radius 2 is 1.94 bits per heavy atom. The number of carbonyl (C=O) groups is 1. The fraction of sp³-hybridized carbons (Fsp3) is 0.100. The number of sulfone groups is 1. The van der Waals surface area contributed by atoms with Crippen LogP contribution in [0.4, 0.5) is 5.13 Å². The van der Waals surface area contributed by atoms with Gasteiger partial charge in [-0.05, 0) is 41.5 Å². The Hall–Kier alpha value is -2.97. The van der Waals surface area contributed by atoms with E-state index in [0.717, 1.165) is 11.8 Å². The normalized spacial score (nSPS) is 11.6. The number of nitriles is 1. The highest BCUT2D eigenvalue weighted by Gasteiger charge is 2.17. The summed E-state index contributed by atoms with van der Waals surface area (Å²) in [5, 5.41) is 12.2. The number of nitrogens with one attached hydrogen (secondary N) is 1. The van der Waals surface area contributed by atoms with Crippen LogP contribution in [0.5, 0.6) is 5.75 Å². The molecule has 0 bridgehead atoms. The van der Waals surface area contributed by atoms with Gasteiger partial charge in [0.1, 0.15) is 24.0 Å². The Bertz CT molecular complexity index is 1330. The number of halogens is 2. The maximum absolute atomic E-state index is 12.3. The molecule has 0 radical (unpaired) electrons. The smallest absolute Gasteiger partial charge is 0.268 e. The van der Waals surface area contributed by atoms with Gasteiger partial charge in [-0.2, -0.15) is 14.6 Å². The van der Waals surface area contributed by atoms with Crippen molar-refractivity contribution in [3.05, 3.63) is 69.2 Å². The van der Waals surface area contributed by atoms with Gasteiger partial charge in [-0.15, -0.1) is 0 Å². The zero-order chi connectivity index (χ0) is 23.3. The summed E-state index contributed by atoms with van der Waals surface area (Å²) in [6.07, 6.45) is 2.34. The Kier molecular flexibility index (Phi) is 7.48. The van der Waals surface area contributed by atoms with Crippen LogP contribution in [-0.2, 0) is 21.2 Å². The predicted molar refractivity (Wildman–Crippen MR) is 122 cm³/mol. The van der Waals surface area contributed by atoms with Crippen molar-refractivity contribution in [3.8, 4) is 11.8 Å². The molecule has 1 amide bonds. The highest BCUT2D eigenvalue weighted by atomic mass is 35.5. The van der Waals surface area contributed by atoms with E-state index in [4.69, 9.17) is 27.9 Å². The SMILES string of the molecule is CS(=O)(=O)c1nsc(NC(=O)/C(C#N)=C\c2ccc(OCc3ccc(Cl)c(Cl)c3)cc2)n1. The molecule has 3 rings (SSSR count). The fourth-order valence-corrected chi connectivity index (χ4v) is 4.11. The van der Waals surface area contributed by atoms with Gasteiger partial charge >= 0.3 is 0 Å². The first-order valence-corrected chi connectivity index (χ1v) is 12.2. The van der Waals surface area contributed by atoms with Crippen molar-refractivity contribution in [2.45, 2.75) is 11.8 Å². The van der Waals surface area contributed by atoms with Crippen LogP contribution in [-0.4, -0.2) is 29.9 Å². The minimum absolute atomic E-state index is 0.0253. The number of rotatable bonds is 7. The molecule has 0 saturated heterocycles. The highest BCUT2D eigenvalue weighted by Crippen LogP contribution is 2.24. The maximum atomic E-state index is 12.3. The monoisotopic (exact) mass is 508 g/mol. The lowest BCUT2D eigenvalue weighted by Gasteiger charge is -2.07. The summed E-state index contributed by atoms with van der Waals surface area (Å²) in [6, 6.07) is 13.8. The Labute approximate surface area is 198 Å². The lowest BCUT2D eigenvalue weighted by atomic mass is 10.1. The van der Waals surface area contributed by atoms with Crippen molar-refractivity contribution in [1.82, 2.24) is 9.36 Å². The molecule has 0 spiro atoms. The first-order chi connectivity index (χ1) is 15.2. The second kappa shape index (κ2) is 10.1. The van der Waals surface area contributed by atoms with Crippen LogP contribution < -0.4 is 10.1 Å². The molecule has 3 aromatic rings. The first kappa shape index (κ1) is 23.7. The molecule has 0 fully saturated rings. The molecule has 1 aromatic heterocycles. The van der Waals surface area contributed by atoms with Crippen LogP contribution in [0.25, 0.3) is 6.08 Å². The molecule has 8 nitrogen and oxygen atoms in total. The summed E-state index contributed by atoms with van der Waals surface area (Å²) in [5.74, 6) is -0.151. The van der Waals surface area contributed by atoms with E-state index in [-0.39, 0.29) is 17.3 Å². The van der Waals surface area contributed by atoms with Crippen LogP contribution >= 0.6 is 34.7 Å². The summed E-state index contributed by atoms with van der Waals surface area (Å²) >= 11 is 12.6. The summed E-state index contributed by atoms with van der Waals surface area (Å²) in [5.41, 5.74) is 1.25. The van der Waals surface area contributed by atoms with Gasteiger partial charge in [0.15, 0.2) is 0 Å². The number of amides is 1. The molecule has 12 heteroatoms. The standard InChI is InChI=1S/C20H14Cl2N4O4S2/c1-32(28,29)20-25-19(31-26-20)24-18(27)14(10-23)8-12-2-5-15(6-3-12)30-11-13-4-7-16(21)17(22)9-13/h2-9H,11H2,1H3,(H,24,25,26,27)/b14-8-. The van der Waals surface area contributed by atoms with Crippen molar-refractivity contribution in [2.24, 2.45) is 0 Å². The maximum Gasteiger partial charge on any atom is 0.268 e. The molecule has 1 heterocycles. The molecule has 0 aliphatic rings. The molecule has 0 unspecified atom stereocenters. The minimum atomic E-state index is -3.59. The summed E-state index contributed by atoms with van der Waals surface area (Å²) in [7, 11) is -3.59. The van der Waals surface area contributed by atoms with E-state index in [2.05, 4.69) is 14.7 Å². The molecule has 1 N–H and O–H groups in total. The summed E-state index contributed by atoms with van der Waals surface area (Å²) in [6.45, 7) is 0.287. The topological polar surface area (TPSA) is 122 Å². The first-order valence-electron chi connectivity index (χ1n) is 8.79. The van der Waals surface area contributed by atoms with Crippen molar-refractivity contribution in [1.29, 1.82) is 5.26 Å². The van der Waals surface area contributed by atoms with Crippen molar-refractivity contribution < 1.29 is 17.9 Å². The molecular formula is C20H14Cl2N4O4S2. The van der Waals surface area contributed by atoms with Crippen molar-refractivity contribution in [3.63, 3.8) is 0 Å². The van der Waals surface area contributed by atoms with Crippen LogP contribution in [0.15, 0.2) is 53.2 Å². The summed E-state index contributed by atoms with van der Waals surface area (Å²) < 4.78 is 32.2. The van der Waals surface area contributed by atoms with Crippen LogP contribution in [0, 0.1) is 11.3 Å². The van der Waals surface area contributed by atoms with Crippen molar-refractivity contribution in [2.75, 3.05) is 11.6 Å². The fourth-order valence-electron chi connectivity index (χ4n) is 2.35. The van der Waals surface area contributed by atoms with E-state index < -0.39 is 20.9 Å². The predicted octanol–water partition coefficient (Wildman–Crippen LogP) is 4.37. The lowest BCUT2D eigenvalue weighted by molar-refractivity contribution is -0.112. The largest absolute Gasteiger partial charge is 0.489 e. The second-order valence-electron chi connectivity index (χ2n) is 6.38. The molecule has 164 valence electrons. The number of hydrogen-bond acceptors (Lipinski definition) is 8. The minimum Gasteiger partial charge on any atom is -0.489 e. The van der Waals surface area contributed by atoms with E-state index in [0.29, 0.717) is 32.9 Å². The lowest BCUT2D eigenvalue weighted by Crippen LogP contribution is -2.13. The number of nitrogens with zero attached hydrogens (tertiary/aromatic N) is 3. The number of benzene rings is 2. The van der Waals surface area contributed by atoms with Crippen LogP contribution in [0.2, 0.25) is 10.0 Å². The molecule has 2 aromatic carbocycles. The van der Waals surface area contributed by atoms with E-state index in [9.17, 15) is 18.5 Å². The second-order valence-corrected chi connectivity index (χ2v) is 9.86. The van der Waals surface area contributed by atoms with Crippen molar-refractivity contribution >= 4 is 61.7 Å². The third kappa shape index (κ3) is 6.27. The van der Waals surface area contributed by atoms with Gasteiger partial charge in [-0.3, -0.25) is 10.1 Å². The van der Waals surface area contributed by atoms with E-state index in [1.807, 2.05) is 6.07 Å². The van der Waals surface area contributed by atoms with E-state index >= 15 is 0 Å². The molecule has 32 heavy (non-hydrogen) atoms. The average Bonchev–Trinajstić information content (AvgIpc) is 3.22. The van der Waals surface area contributed by atoms with Gasteiger partial charge in [0, 0.05) is 17.8 Å². The van der Waals surface area contributed by atoms with Crippen LogP contribution in [0.1, 0.15) is 11.1 Å². The van der Waals surface area contributed by atoms with Gasteiger partial charge in [-0.25, -0.2) is 8.42 Å². The Morgan fingerprint density at radius 1 is 1.22 bits per heavy atom. The average molecular weight is 509 g/mol. The van der Waals surface area contributed by atoms with E-state index in [1.54, 1.807) is 42.5 Å². The van der Waals surface area contributed by atoms with Gasteiger partial charge in [0.05, 0.1) is 10.0 Å². The van der Waals surface area contributed by atoms with Gasteiger partial charge in [0.25, 0.3) is 11.1 Å². The zero-order valence-electron chi connectivity index (χ0n) is 16.4. The third-order valence-corrected chi connectivity index (χ3v) is 6.24. The number of anilines is 1. The number of carbonyl (C=O) groups excluding carboxylic acids is 1. The Morgan fingerprint density at radius 3 is 2.53 bits per heavy atom. The number of hydrogen-bond donors (Lipinski definition) is 1. The number of aromatic nitrogens is 2. The van der Waals surface area contributed by atoms with E-state index in [1.165, 1.54) is 6.08 Å². The van der Waals surface area contributed by atoms with Gasteiger partial charge < -0.3 is 4.74 Å². The quantitative estimate of drug-likeness (QED) is 0.371. The highest BCUT2D eigenvalue weighted by molar-refractivity contribution is 7.90. The number of ether oxygens (including phenoxy) is 1. The molecular weight excluding hydrogens is 495 g/mol. The Balaban J connectivity index is 1.65. The van der Waals surface area contributed by atoms with Gasteiger partial charge in [-0.1, -0.05) is 41.4 Å². The zero-order valence-corrected chi connectivity index (χ0v) is 19.5. The molecule has 0 aliphatic heterocycles. The van der Waals surface area contributed by atoms with Crippen LogP contribution in [0.3, 0.4) is 0 Å². The molecule has 0 aliphatic carbocycles. The van der Waals surface area contributed by atoms with Gasteiger partial charge in [0.2, 0.25) is 15.0 Å². The summed E-state index contributed by atoms with van der Waals surface area (Å²) in [4.78, 5) is 16.1. The molecule has 0 saturated carbocycles.